The normalized spacial score (nSPS) is 10.7. The van der Waals surface area contributed by atoms with Gasteiger partial charge in [0.2, 0.25) is 0 Å². The van der Waals surface area contributed by atoms with E-state index in [0.29, 0.717) is 5.69 Å². The lowest BCUT2D eigenvalue weighted by molar-refractivity contribution is -0.114. The van der Waals surface area contributed by atoms with Gasteiger partial charge in [0.05, 0.1) is 5.69 Å². The molecule has 0 aliphatic heterocycles. The topological polar surface area (TPSA) is 46.3 Å². The van der Waals surface area contributed by atoms with E-state index in [4.69, 9.17) is 5.84 Å². The van der Waals surface area contributed by atoms with Crippen molar-refractivity contribution in [1.82, 2.24) is 0 Å². The lowest BCUT2D eigenvalue weighted by Gasteiger charge is -2.14. The van der Waals surface area contributed by atoms with Gasteiger partial charge in [-0.25, -0.2) is 10.9 Å². The Labute approximate surface area is 119 Å². The van der Waals surface area contributed by atoms with Gasteiger partial charge in [-0.05, 0) is 35.8 Å². The van der Waals surface area contributed by atoms with Gasteiger partial charge in [-0.3, -0.25) is 4.79 Å². The van der Waals surface area contributed by atoms with Crippen LogP contribution in [0.5, 0.6) is 0 Å². The number of hydrogen-bond acceptors (Lipinski definition) is 2. The molecule has 0 atom stereocenters. The van der Waals surface area contributed by atoms with E-state index in [2.05, 4.69) is 19.1 Å². The summed E-state index contributed by atoms with van der Waals surface area (Å²) in [5.41, 5.74) is 2.93. The van der Waals surface area contributed by atoms with Crippen molar-refractivity contribution in [3.05, 3.63) is 71.8 Å². The molecule has 102 valence electrons. The van der Waals surface area contributed by atoms with Crippen LogP contribution in [0.3, 0.4) is 0 Å². The first-order valence-electron chi connectivity index (χ1n) is 6.61. The molecule has 0 spiro atoms. The zero-order chi connectivity index (χ0) is 14.4. The Morgan fingerprint density at radius 1 is 1.10 bits per heavy atom. The minimum absolute atomic E-state index is 0.254. The highest BCUT2D eigenvalue weighted by atomic mass is 16.2. The molecule has 0 saturated carbocycles. The van der Waals surface area contributed by atoms with E-state index in [1.165, 1.54) is 11.6 Å². The molecule has 0 aromatic heterocycles. The summed E-state index contributed by atoms with van der Waals surface area (Å²) < 4.78 is 0. The molecule has 20 heavy (non-hydrogen) atoms. The van der Waals surface area contributed by atoms with Gasteiger partial charge in [-0.15, -0.1) is 0 Å². The Morgan fingerprint density at radius 3 is 2.35 bits per heavy atom. The molecular formula is C17H18N2O. The standard InChI is InChI=1S/C17H18N2O/c1-2-14-8-10-15(11-9-14)12-13-17(20)19(18)16-6-4-3-5-7-16/h3-13H,2,18H2,1H3. The average molecular weight is 266 g/mol. The fraction of sp³-hybridized carbons (Fsp3) is 0.118. The summed E-state index contributed by atoms with van der Waals surface area (Å²) >= 11 is 0. The van der Waals surface area contributed by atoms with Gasteiger partial charge in [-0.1, -0.05) is 49.4 Å². The summed E-state index contributed by atoms with van der Waals surface area (Å²) in [6, 6.07) is 17.3. The number of nitrogens with zero attached hydrogens (tertiary/aromatic N) is 1. The molecule has 1 amide bonds. The molecule has 0 unspecified atom stereocenters. The van der Waals surface area contributed by atoms with E-state index in [1.807, 2.05) is 30.3 Å². The van der Waals surface area contributed by atoms with Crippen LogP contribution in [0.25, 0.3) is 6.08 Å². The summed E-state index contributed by atoms with van der Waals surface area (Å²) in [4.78, 5) is 12.0. The summed E-state index contributed by atoms with van der Waals surface area (Å²) in [7, 11) is 0. The smallest absolute Gasteiger partial charge is 0.265 e. The Bertz CT molecular complexity index is 588. The van der Waals surface area contributed by atoms with Gasteiger partial charge >= 0.3 is 0 Å². The number of benzene rings is 2. The maximum absolute atomic E-state index is 12.0. The lowest BCUT2D eigenvalue weighted by atomic mass is 10.1. The molecule has 0 fully saturated rings. The first kappa shape index (κ1) is 14.0. The Morgan fingerprint density at radius 2 is 1.75 bits per heavy atom. The van der Waals surface area contributed by atoms with Crippen LogP contribution in [0.15, 0.2) is 60.7 Å². The average Bonchev–Trinajstić information content (AvgIpc) is 2.53. The minimum Gasteiger partial charge on any atom is -0.268 e. The van der Waals surface area contributed by atoms with Crippen molar-refractivity contribution in [2.24, 2.45) is 5.84 Å². The van der Waals surface area contributed by atoms with Crippen molar-refractivity contribution < 1.29 is 4.79 Å². The molecular weight excluding hydrogens is 248 g/mol. The van der Waals surface area contributed by atoms with Crippen molar-refractivity contribution in [2.75, 3.05) is 5.01 Å². The maximum atomic E-state index is 12.0. The van der Waals surface area contributed by atoms with Crippen molar-refractivity contribution >= 4 is 17.7 Å². The van der Waals surface area contributed by atoms with Crippen molar-refractivity contribution in [2.45, 2.75) is 13.3 Å². The molecule has 2 rings (SSSR count). The van der Waals surface area contributed by atoms with Crippen LogP contribution in [0.4, 0.5) is 5.69 Å². The second-order valence-corrected chi connectivity index (χ2v) is 4.47. The highest BCUT2D eigenvalue weighted by molar-refractivity contribution is 6.02. The molecule has 3 nitrogen and oxygen atoms in total. The second kappa shape index (κ2) is 6.68. The number of carbonyl (C=O) groups excluding carboxylic acids is 1. The number of nitrogens with two attached hydrogens (primary N) is 1. The van der Waals surface area contributed by atoms with Gasteiger partial charge in [0.25, 0.3) is 5.91 Å². The van der Waals surface area contributed by atoms with Gasteiger partial charge in [0.1, 0.15) is 0 Å². The fourth-order valence-electron chi connectivity index (χ4n) is 1.83. The molecule has 2 aromatic rings. The lowest BCUT2D eigenvalue weighted by Crippen LogP contribution is -2.35. The van der Waals surface area contributed by atoms with E-state index in [-0.39, 0.29) is 5.91 Å². The molecule has 2 aromatic carbocycles. The second-order valence-electron chi connectivity index (χ2n) is 4.47. The SMILES string of the molecule is CCc1ccc(C=CC(=O)N(N)c2ccccc2)cc1. The van der Waals surface area contributed by atoms with Crippen LogP contribution in [-0.2, 0) is 11.2 Å². The number of hydrazine groups is 1. The number of para-hydroxylation sites is 1. The third-order valence-corrected chi connectivity index (χ3v) is 3.08. The van der Waals surface area contributed by atoms with Gasteiger partial charge in [0, 0.05) is 6.08 Å². The summed E-state index contributed by atoms with van der Waals surface area (Å²) in [6.07, 6.45) is 4.26. The number of aryl methyl sites for hydroxylation is 1. The quantitative estimate of drug-likeness (QED) is 0.400. The van der Waals surface area contributed by atoms with Gasteiger partial charge in [-0.2, -0.15) is 0 Å². The predicted molar refractivity (Wildman–Crippen MR) is 83.0 cm³/mol. The highest BCUT2D eigenvalue weighted by Gasteiger charge is 2.07. The van der Waals surface area contributed by atoms with Crippen LogP contribution in [0.1, 0.15) is 18.1 Å². The van der Waals surface area contributed by atoms with Crippen LogP contribution >= 0.6 is 0 Å². The first-order chi connectivity index (χ1) is 9.70. The third-order valence-electron chi connectivity index (χ3n) is 3.08. The van der Waals surface area contributed by atoms with Crippen molar-refractivity contribution in [1.29, 1.82) is 0 Å². The molecule has 0 aliphatic carbocycles. The zero-order valence-electron chi connectivity index (χ0n) is 11.5. The summed E-state index contributed by atoms with van der Waals surface area (Å²) in [5.74, 6) is 5.53. The molecule has 0 heterocycles. The Balaban J connectivity index is 2.05. The Hall–Kier alpha value is -2.39. The molecule has 0 bridgehead atoms. The maximum Gasteiger partial charge on any atom is 0.265 e. The fourth-order valence-corrected chi connectivity index (χ4v) is 1.83. The van der Waals surface area contributed by atoms with Crippen LogP contribution in [0.2, 0.25) is 0 Å². The van der Waals surface area contributed by atoms with E-state index >= 15 is 0 Å². The number of hydrogen-bond donors (Lipinski definition) is 1. The number of anilines is 1. The first-order valence-corrected chi connectivity index (χ1v) is 6.61. The summed E-state index contributed by atoms with van der Waals surface area (Å²) in [5, 5.41) is 1.14. The third kappa shape index (κ3) is 3.56. The van der Waals surface area contributed by atoms with Crippen LogP contribution in [-0.4, -0.2) is 5.91 Å². The van der Waals surface area contributed by atoms with Crippen molar-refractivity contribution in [3.63, 3.8) is 0 Å². The van der Waals surface area contributed by atoms with Crippen LogP contribution in [0, 0.1) is 0 Å². The summed E-state index contributed by atoms with van der Waals surface area (Å²) in [6.45, 7) is 2.11. The van der Waals surface area contributed by atoms with E-state index in [1.54, 1.807) is 18.2 Å². The minimum atomic E-state index is -0.254. The molecule has 3 heteroatoms. The van der Waals surface area contributed by atoms with E-state index < -0.39 is 0 Å². The van der Waals surface area contributed by atoms with Crippen molar-refractivity contribution in [3.8, 4) is 0 Å². The van der Waals surface area contributed by atoms with E-state index in [9.17, 15) is 4.79 Å². The van der Waals surface area contributed by atoms with Crippen LogP contribution < -0.4 is 10.9 Å². The zero-order valence-corrected chi connectivity index (χ0v) is 11.5. The highest BCUT2D eigenvalue weighted by Crippen LogP contribution is 2.11. The monoisotopic (exact) mass is 266 g/mol. The molecule has 0 aliphatic rings. The Kier molecular flexibility index (Phi) is 4.69. The largest absolute Gasteiger partial charge is 0.268 e. The molecule has 2 N–H and O–H groups in total. The molecule has 0 saturated heterocycles. The van der Waals surface area contributed by atoms with E-state index in [0.717, 1.165) is 17.0 Å². The number of amides is 1. The number of carbonyl (C=O) groups is 1. The number of rotatable bonds is 4. The predicted octanol–water partition coefficient (Wildman–Crippen LogP) is 3.17. The van der Waals surface area contributed by atoms with Gasteiger partial charge < -0.3 is 0 Å². The van der Waals surface area contributed by atoms with Gasteiger partial charge in [0.15, 0.2) is 0 Å². The molecule has 0 radical (unpaired) electrons.